The summed E-state index contributed by atoms with van der Waals surface area (Å²) in [5, 5.41) is 14.1. The SMILES string of the molecule is CCC(C(=O)O)N(C)Cc1c(Cl)c(C)nn1CC. The molecule has 0 aliphatic rings. The maximum absolute atomic E-state index is 11.1. The average molecular weight is 274 g/mol. The minimum atomic E-state index is -0.810. The summed E-state index contributed by atoms with van der Waals surface area (Å²) < 4.78 is 1.82. The summed E-state index contributed by atoms with van der Waals surface area (Å²) in [4.78, 5) is 12.9. The van der Waals surface area contributed by atoms with Crippen LogP contribution in [0.15, 0.2) is 0 Å². The van der Waals surface area contributed by atoms with Crippen molar-refractivity contribution in [3.8, 4) is 0 Å². The number of carboxylic acids is 1. The van der Waals surface area contributed by atoms with Crippen LogP contribution in [-0.4, -0.2) is 38.8 Å². The molecule has 0 fully saturated rings. The Bertz CT molecular complexity index is 431. The number of likely N-dealkylation sites (N-methyl/N-ethyl adjacent to an activating group) is 1. The van der Waals surface area contributed by atoms with Crippen LogP contribution in [-0.2, 0) is 17.9 Å². The Morgan fingerprint density at radius 2 is 2.17 bits per heavy atom. The highest BCUT2D eigenvalue weighted by Gasteiger charge is 2.23. The third-order valence-corrected chi connectivity index (χ3v) is 3.55. The van der Waals surface area contributed by atoms with E-state index in [9.17, 15) is 4.79 Å². The highest BCUT2D eigenvalue weighted by Crippen LogP contribution is 2.22. The molecule has 0 amide bonds. The van der Waals surface area contributed by atoms with E-state index in [2.05, 4.69) is 5.10 Å². The number of rotatable bonds is 6. The summed E-state index contributed by atoms with van der Waals surface area (Å²) >= 11 is 6.21. The van der Waals surface area contributed by atoms with Crippen molar-refractivity contribution >= 4 is 17.6 Å². The van der Waals surface area contributed by atoms with Gasteiger partial charge in [-0.15, -0.1) is 0 Å². The largest absolute Gasteiger partial charge is 0.480 e. The van der Waals surface area contributed by atoms with E-state index in [1.165, 1.54) is 0 Å². The van der Waals surface area contributed by atoms with E-state index in [1.54, 1.807) is 11.9 Å². The number of halogens is 1. The molecule has 0 spiro atoms. The fourth-order valence-corrected chi connectivity index (χ4v) is 2.24. The smallest absolute Gasteiger partial charge is 0.320 e. The van der Waals surface area contributed by atoms with Crippen molar-refractivity contribution in [2.75, 3.05) is 7.05 Å². The van der Waals surface area contributed by atoms with Gasteiger partial charge >= 0.3 is 5.97 Å². The van der Waals surface area contributed by atoms with Gasteiger partial charge < -0.3 is 5.11 Å². The van der Waals surface area contributed by atoms with Crippen LogP contribution in [0.1, 0.15) is 31.7 Å². The molecule has 1 N–H and O–H groups in total. The second-order valence-corrected chi connectivity index (χ2v) is 4.72. The zero-order valence-corrected chi connectivity index (χ0v) is 12.0. The molecule has 1 aromatic rings. The molecule has 102 valence electrons. The van der Waals surface area contributed by atoms with Crippen molar-refractivity contribution in [3.63, 3.8) is 0 Å². The maximum Gasteiger partial charge on any atom is 0.320 e. The molecule has 0 aliphatic heterocycles. The molecule has 0 saturated heterocycles. The van der Waals surface area contributed by atoms with Gasteiger partial charge in [0.1, 0.15) is 6.04 Å². The summed E-state index contributed by atoms with van der Waals surface area (Å²) in [6.45, 7) is 6.91. The first-order valence-electron chi connectivity index (χ1n) is 6.07. The average Bonchev–Trinajstić information content (AvgIpc) is 2.57. The van der Waals surface area contributed by atoms with E-state index in [0.29, 0.717) is 18.0 Å². The molecule has 1 unspecified atom stereocenters. The van der Waals surface area contributed by atoms with Gasteiger partial charge in [0.25, 0.3) is 0 Å². The van der Waals surface area contributed by atoms with Gasteiger partial charge in [-0.1, -0.05) is 18.5 Å². The lowest BCUT2D eigenvalue weighted by Crippen LogP contribution is -2.37. The lowest BCUT2D eigenvalue weighted by atomic mass is 10.2. The minimum Gasteiger partial charge on any atom is -0.480 e. The van der Waals surface area contributed by atoms with Crippen molar-refractivity contribution in [1.82, 2.24) is 14.7 Å². The van der Waals surface area contributed by atoms with E-state index in [0.717, 1.165) is 17.9 Å². The number of carbonyl (C=O) groups is 1. The molecular formula is C12H20ClN3O2. The van der Waals surface area contributed by atoms with Crippen molar-refractivity contribution in [2.45, 2.75) is 46.3 Å². The first-order chi connectivity index (χ1) is 8.42. The topological polar surface area (TPSA) is 58.4 Å². The fraction of sp³-hybridized carbons (Fsp3) is 0.667. The molecule has 0 bridgehead atoms. The lowest BCUT2D eigenvalue weighted by molar-refractivity contribution is -0.143. The Hall–Kier alpha value is -1.07. The Morgan fingerprint density at radius 1 is 1.56 bits per heavy atom. The van der Waals surface area contributed by atoms with Crippen molar-refractivity contribution in [1.29, 1.82) is 0 Å². The Kier molecular flexibility index (Phi) is 5.16. The van der Waals surface area contributed by atoms with Crippen LogP contribution >= 0.6 is 11.6 Å². The number of hydrogen-bond acceptors (Lipinski definition) is 3. The predicted molar refractivity (Wildman–Crippen MR) is 70.8 cm³/mol. The standard InChI is InChI=1S/C12H20ClN3O2/c1-5-9(12(17)18)15(4)7-10-11(13)8(3)14-16(10)6-2/h9H,5-7H2,1-4H3,(H,17,18). The monoisotopic (exact) mass is 273 g/mol. The normalized spacial score (nSPS) is 13.0. The summed E-state index contributed by atoms with van der Waals surface area (Å²) in [7, 11) is 1.79. The highest BCUT2D eigenvalue weighted by molar-refractivity contribution is 6.31. The van der Waals surface area contributed by atoms with Crippen LogP contribution in [0.5, 0.6) is 0 Å². The van der Waals surface area contributed by atoms with E-state index in [1.807, 2.05) is 25.5 Å². The number of aryl methyl sites for hydroxylation is 2. The van der Waals surface area contributed by atoms with Crippen LogP contribution in [0.3, 0.4) is 0 Å². The van der Waals surface area contributed by atoms with Crippen molar-refractivity contribution in [2.24, 2.45) is 0 Å². The molecule has 0 aliphatic carbocycles. The second kappa shape index (κ2) is 6.20. The summed E-state index contributed by atoms with van der Waals surface area (Å²) in [6.07, 6.45) is 0.558. The third-order valence-electron chi connectivity index (χ3n) is 3.06. The molecule has 0 radical (unpaired) electrons. The van der Waals surface area contributed by atoms with E-state index in [-0.39, 0.29) is 0 Å². The molecule has 1 heterocycles. The van der Waals surface area contributed by atoms with Crippen LogP contribution < -0.4 is 0 Å². The number of aromatic nitrogens is 2. The highest BCUT2D eigenvalue weighted by atomic mass is 35.5. The van der Waals surface area contributed by atoms with Crippen molar-refractivity contribution < 1.29 is 9.90 Å². The predicted octanol–water partition coefficient (Wildman–Crippen LogP) is 2.16. The van der Waals surface area contributed by atoms with Gasteiger partial charge in [-0.05, 0) is 27.3 Å². The van der Waals surface area contributed by atoms with Gasteiger partial charge in [0.2, 0.25) is 0 Å². The van der Waals surface area contributed by atoms with Crippen LogP contribution in [0, 0.1) is 6.92 Å². The molecule has 0 aromatic carbocycles. The van der Waals surface area contributed by atoms with Gasteiger partial charge in [-0.3, -0.25) is 14.4 Å². The molecule has 18 heavy (non-hydrogen) atoms. The molecule has 5 nitrogen and oxygen atoms in total. The number of carboxylic acid groups (broad SMARTS) is 1. The first-order valence-corrected chi connectivity index (χ1v) is 6.44. The van der Waals surface area contributed by atoms with Crippen LogP contribution in [0.25, 0.3) is 0 Å². The Balaban J connectivity index is 2.93. The second-order valence-electron chi connectivity index (χ2n) is 4.34. The molecule has 1 rings (SSSR count). The lowest BCUT2D eigenvalue weighted by Gasteiger charge is -2.23. The number of hydrogen-bond donors (Lipinski definition) is 1. The number of aliphatic carboxylic acids is 1. The van der Waals surface area contributed by atoms with Gasteiger partial charge in [0.15, 0.2) is 0 Å². The number of nitrogens with zero attached hydrogens (tertiary/aromatic N) is 3. The van der Waals surface area contributed by atoms with Gasteiger partial charge in [0, 0.05) is 13.1 Å². The Labute approximate surface area is 112 Å². The van der Waals surface area contributed by atoms with Gasteiger partial charge in [0.05, 0.1) is 16.4 Å². The van der Waals surface area contributed by atoms with E-state index < -0.39 is 12.0 Å². The first kappa shape index (κ1) is 15.0. The summed E-state index contributed by atoms with van der Waals surface area (Å²) in [5.74, 6) is -0.810. The summed E-state index contributed by atoms with van der Waals surface area (Å²) in [6, 6.07) is -0.499. The van der Waals surface area contributed by atoms with E-state index in [4.69, 9.17) is 16.7 Å². The van der Waals surface area contributed by atoms with Crippen molar-refractivity contribution in [3.05, 3.63) is 16.4 Å². The summed E-state index contributed by atoms with van der Waals surface area (Å²) in [5.41, 5.74) is 1.66. The Morgan fingerprint density at radius 3 is 2.61 bits per heavy atom. The van der Waals surface area contributed by atoms with Gasteiger partial charge in [-0.25, -0.2) is 0 Å². The maximum atomic E-state index is 11.1. The fourth-order valence-electron chi connectivity index (χ4n) is 2.04. The molecule has 0 saturated carbocycles. The third kappa shape index (κ3) is 3.03. The van der Waals surface area contributed by atoms with E-state index >= 15 is 0 Å². The zero-order chi connectivity index (χ0) is 13.9. The molecule has 6 heteroatoms. The molecule has 1 atom stereocenters. The zero-order valence-electron chi connectivity index (χ0n) is 11.3. The van der Waals surface area contributed by atoms with Crippen LogP contribution in [0.2, 0.25) is 5.02 Å². The quantitative estimate of drug-likeness (QED) is 0.863. The van der Waals surface area contributed by atoms with Gasteiger partial charge in [-0.2, -0.15) is 5.10 Å². The minimum absolute atomic E-state index is 0.484. The van der Waals surface area contributed by atoms with Crippen LogP contribution in [0.4, 0.5) is 0 Å². The molecule has 1 aromatic heterocycles. The molecular weight excluding hydrogens is 254 g/mol.